The van der Waals surface area contributed by atoms with Crippen molar-refractivity contribution in [2.24, 2.45) is 0 Å². The molecule has 0 fully saturated rings. The number of carboxylic acid groups (broad SMARTS) is 1. The third-order valence-electron chi connectivity index (χ3n) is 2.99. The molecule has 5 heteroatoms. The summed E-state index contributed by atoms with van der Waals surface area (Å²) in [6.07, 6.45) is 4.04. The van der Waals surface area contributed by atoms with Crippen molar-refractivity contribution in [2.75, 3.05) is 0 Å². The van der Waals surface area contributed by atoms with Crippen LogP contribution in [0.1, 0.15) is 44.8 Å². The minimum atomic E-state index is -0.943. The van der Waals surface area contributed by atoms with Gasteiger partial charge in [-0.25, -0.2) is 4.79 Å². The Balaban J connectivity index is 3.23. The van der Waals surface area contributed by atoms with Gasteiger partial charge < -0.3 is 14.8 Å². The third-order valence-corrected chi connectivity index (χ3v) is 2.99. The highest BCUT2D eigenvalue weighted by atomic mass is 16.4. The van der Waals surface area contributed by atoms with Crippen molar-refractivity contribution in [1.82, 2.24) is 4.57 Å². The van der Waals surface area contributed by atoms with E-state index >= 15 is 0 Å². The first-order chi connectivity index (χ1) is 8.52. The summed E-state index contributed by atoms with van der Waals surface area (Å²) in [5, 5.41) is 19.0. The molecule has 0 aliphatic heterocycles. The molecule has 1 unspecified atom stereocenters. The Labute approximate surface area is 106 Å². The minimum Gasteiger partial charge on any atom is -0.503 e. The van der Waals surface area contributed by atoms with Crippen molar-refractivity contribution in [3.8, 4) is 5.75 Å². The van der Waals surface area contributed by atoms with Crippen LogP contribution >= 0.6 is 0 Å². The molecule has 0 radical (unpaired) electrons. The largest absolute Gasteiger partial charge is 0.503 e. The van der Waals surface area contributed by atoms with Crippen molar-refractivity contribution < 1.29 is 15.0 Å². The maximum absolute atomic E-state index is 11.3. The SMILES string of the molecule is CCCCC(C(=O)O)n1ccc(=O)c(O)c1CC. The number of aromatic nitrogens is 1. The number of aliphatic carboxylic acids is 1. The zero-order chi connectivity index (χ0) is 13.7. The summed E-state index contributed by atoms with van der Waals surface area (Å²) in [6.45, 7) is 3.77. The molecule has 1 aromatic rings. The molecule has 5 nitrogen and oxygen atoms in total. The molecule has 0 aromatic carbocycles. The summed E-state index contributed by atoms with van der Waals surface area (Å²) in [5.41, 5.74) is -0.0891. The second kappa shape index (κ2) is 6.23. The quantitative estimate of drug-likeness (QED) is 0.811. The van der Waals surface area contributed by atoms with Crippen LogP contribution in [0.5, 0.6) is 5.75 Å². The lowest BCUT2D eigenvalue weighted by Crippen LogP contribution is -2.23. The average Bonchev–Trinajstić information content (AvgIpc) is 2.33. The van der Waals surface area contributed by atoms with Crippen LogP contribution < -0.4 is 5.43 Å². The van der Waals surface area contributed by atoms with E-state index in [2.05, 4.69) is 0 Å². The van der Waals surface area contributed by atoms with Gasteiger partial charge in [0.1, 0.15) is 6.04 Å². The Morgan fingerprint density at radius 3 is 2.61 bits per heavy atom. The number of aromatic hydroxyl groups is 1. The summed E-state index contributed by atoms with van der Waals surface area (Å²) >= 11 is 0. The first-order valence-corrected chi connectivity index (χ1v) is 6.18. The molecule has 0 saturated heterocycles. The maximum atomic E-state index is 11.3. The molecule has 0 spiro atoms. The second-order valence-corrected chi connectivity index (χ2v) is 4.23. The fourth-order valence-electron chi connectivity index (χ4n) is 2.00. The van der Waals surface area contributed by atoms with Crippen LogP contribution in [0.2, 0.25) is 0 Å². The van der Waals surface area contributed by atoms with E-state index in [1.807, 2.05) is 6.92 Å². The van der Waals surface area contributed by atoms with Crippen molar-refractivity contribution >= 4 is 5.97 Å². The molecule has 1 atom stereocenters. The maximum Gasteiger partial charge on any atom is 0.326 e. The Morgan fingerprint density at radius 2 is 2.11 bits per heavy atom. The molecule has 0 aliphatic carbocycles. The van der Waals surface area contributed by atoms with Gasteiger partial charge in [0.25, 0.3) is 0 Å². The predicted octanol–water partition coefficient (Wildman–Crippen LogP) is 1.93. The van der Waals surface area contributed by atoms with Crippen molar-refractivity contribution in [3.05, 3.63) is 28.2 Å². The molecular weight excluding hydrogens is 234 g/mol. The third kappa shape index (κ3) is 2.91. The number of rotatable bonds is 6. The van der Waals surface area contributed by atoms with Gasteiger partial charge in [-0.3, -0.25) is 4.79 Å². The topological polar surface area (TPSA) is 79.5 Å². The fourth-order valence-corrected chi connectivity index (χ4v) is 2.00. The second-order valence-electron chi connectivity index (χ2n) is 4.23. The molecule has 2 N–H and O–H groups in total. The highest BCUT2D eigenvalue weighted by Gasteiger charge is 2.22. The van der Waals surface area contributed by atoms with Crippen LogP contribution in [0.25, 0.3) is 0 Å². The number of pyridine rings is 1. The van der Waals surface area contributed by atoms with Crippen LogP contribution in [0.3, 0.4) is 0 Å². The van der Waals surface area contributed by atoms with Crippen molar-refractivity contribution in [1.29, 1.82) is 0 Å². The highest BCUT2D eigenvalue weighted by Crippen LogP contribution is 2.21. The highest BCUT2D eigenvalue weighted by molar-refractivity contribution is 5.72. The van der Waals surface area contributed by atoms with E-state index in [9.17, 15) is 19.8 Å². The lowest BCUT2D eigenvalue weighted by molar-refractivity contribution is -0.141. The van der Waals surface area contributed by atoms with Crippen LogP contribution in [0.4, 0.5) is 0 Å². The van der Waals surface area contributed by atoms with Gasteiger partial charge in [0.15, 0.2) is 5.75 Å². The van der Waals surface area contributed by atoms with Crippen molar-refractivity contribution in [3.63, 3.8) is 0 Å². The van der Waals surface area contributed by atoms with E-state index in [1.54, 1.807) is 6.92 Å². The van der Waals surface area contributed by atoms with Crippen LogP contribution in [0, 0.1) is 0 Å². The van der Waals surface area contributed by atoms with E-state index in [0.717, 1.165) is 12.8 Å². The van der Waals surface area contributed by atoms with Gasteiger partial charge in [0.2, 0.25) is 5.43 Å². The van der Waals surface area contributed by atoms with E-state index < -0.39 is 17.4 Å². The fraction of sp³-hybridized carbons (Fsp3) is 0.538. The number of carboxylic acids is 1. The van der Waals surface area contributed by atoms with Crippen LogP contribution in [0.15, 0.2) is 17.1 Å². The summed E-state index contributed by atoms with van der Waals surface area (Å²) < 4.78 is 1.49. The lowest BCUT2D eigenvalue weighted by atomic mass is 10.1. The molecule has 100 valence electrons. The molecular formula is C13H19NO4. The smallest absolute Gasteiger partial charge is 0.326 e. The van der Waals surface area contributed by atoms with E-state index in [1.165, 1.54) is 16.8 Å². The number of hydrogen-bond donors (Lipinski definition) is 2. The molecule has 1 rings (SSSR count). The number of nitrogens with zero attached hydrogens (tertiary/aromatic N) is 1. The molecule has 0 aliphatic rings. The van der Waals surface area contributed by atoms with Gasteiger partial charge in [-0.2, -0.15) is 0 Å². The van der Waals surface area contributed by atoms with E-state index in [0.29, 0.717) is 18.5 Å². The number of carbonyl (C=O) groups is 1. The predicted molar refractivity (Wildman–Crippen MR) is 67.9 cm³/mol. The van der Waals surface area contributed by atoms with E-state index in [-0.39, 0.29) is 5.75 Å². The normalized spacial score (nSPS) is 12.3. The zero-order valence-electron chi connectivity index (χ0n) is 10.7. The summed E-state index contributed by atoms with van der Waals surface area (Å²) in [6, 6.07) is 0.475. The average molecular weight is 253 g/mol. The Morgan fingerprint density at radius 1 is 1.44 bits per heavy atom. The summed E-state index contributed by atoms with van der Waals surface area (Å²) in [5.74, 6) is -1.29. The van der Waals surface area contributed by atoms with Gasteiger partial charge in [0, 0.05) is 12.3 Å². The van der Waals surface area contributed by atoms with Gasteiger partial charge in [-0.15, -0.1) is 0 Å². The summed E-state index contributed by atoms with van der Waals surface area (Å²) in [7, 11) is 0. The molecule has 0 saturated carbocycles. The molecule has 1 aromatic heterocycles. The number of hydrogen-bond acceptors (Lipinski definition) is 3. The zero-order valence-corrected chi connectivity index (χ0v) is 10.7. The summed E-state index contributed by atoms with van der Waals surface area (Å²) in [4.78, 5) is 22.6. The van der Waals surface area contributed by atoms with Gasteiger partial charge in [-0.1, -0.05) is 26.7 Å². The Kier molecular flexibility index (Phi) is 4.95. The molecule has 1 heterocycles. The molecule has 0 bridgehead atoms. The van der Waals surface area contributed by atoms with Crippen LogP contribution in [-0.4, -0.2) is 20.7 Å². The molecule has 18 heavy (non-hydrogen) atoms. The first kappa shape index (κ1) is 14.3. The Hall–Kier alpha value is -1.78. The van der Waals surface area contributed by atoms with Gasteiger partial charge in [0.05, 0.1) is 5.69 Å². The van der Waals surface area contributed by atoms with Crippen LogP contribution in [-0.2, 0) is 11.2 Å². The lowest BCUT2D eigenvalue weighted by Gasteiger charge is -2.20. The van der Waals surface area contributed by atoms with Gasteiger partial charge in [-0.05, 0) is 12.8 Å². The van der Waals surface area contributed by atoms with Crippen molar-refractivity contribution in [2.45, 2.75) is 45.6 Å². The number of unbranched alkanes of at least 4 members (excludes halogenated alkanes) is 1. The monoisotopic (exact) mass is 253 g/mol. The minimum absolute atomic E-state index is 0.345. The molecule has 0 amide bonds. The van der Waals surface area contributed by atoms with Gasteiger partial charge >= 0.3 is 5.97 Å². The Bertz CT molecular complexity index is 478. The van der Waals surface area contributed by atoms with E-state index in [4.69, 9.17) is 0 Å². The first-order valence-electron chi connectivity index (χ1n) is 6.18. The standard InChI is InChI=1S/C13H19NO4/c1-3-5-6-10(13(17)18)14-8-7-11(15)12(16)9(14)4-2/h7-8,10,16H,3-6H2,1-2H3,(H,17,18).